The Hall–Kier alpha value is -2.54. The van der Waals surface area contributed by atoms with E-state index in [1.807, 2.05) is 54.2 Å². The summed E-state index contributed by atoms with van der Waals surface area (Å²) in [6.45, 7) is 5.65. The van der Waals surface area contributed by atoms with Crippen LogP contribution in [0.3, 0.4) is 0 Å². The highest BCUT2D eigenvalue weighted by atomic mass is 32.1. The van der Waals surface area contributed by atoms with E-state index in [9.17, 15) is 4.79 Å². The van der Waals surface area contributed by atoms with Crippen LogP contribution in [0.1, 0.15) is 25.1 Å². The number of nitrogens with zero attached hydrogens (tertiary/aromatic N) is 2. The molecular formula is C19H23N3O3S. The number of hydrogen-bond donors (Lipinski definition) is 1. The summed E-state index contributed by atoms with van der Waals surface area (Å²) in [5, 5.41) is 4.92. The second kappa shape index (κ2) is 8.71. The molecule has 26 heavy (non-hydrogen) atoms. The van der Waals surface area contributed by atoms with Crippen LogP contribution in [0, 0.1) is 0 Å². The summed E-state index contributed by atoms with van der Waals surface area (Å²) in [6, 6.07) is 5.90. The van der Waals surface area contributed by atoms with Crippen LogP contribution in [0.25, 0.3) is 4.96 Å². The third kappa shape index (κ3) is 4.54. The number of nitrogens with one attached hydrogen (secondary N) is 1. The SMILES string of the molecule is CCOc1ccc(CCNC(=O)Cc2cn3ccsc3n2)cc1OCC. The van der Waals surface area contributed by atoms with Crippen LogP contribution in [0.4, 0.5) is 0 Å². The lowest BCUT2D eigenvalue weighted by Crippen LogP contribution is -2.27. The van der Waals surface area contributed by atoms with Gasteiger partial charge >= 0.3 is 0 Å². The minimum absolute atomic E-state index is 0.0216. The zero-order valence-electron chi connectivity index (χ0n) is 15.0. The van der Waals surface area contributed by atoms with Crippen LogP contribution in [-0.4, -0.2) is 35.1 Å². The second-order valence-electron chi connectivity index (χ2n) is 5.75. The maximum absolute atomic E-state index is 12.1. The lowest BCUT2D eigenvalue weighted by atomic mass is 10.1. The molecule has 1 amide bonds. The van der Waals surface area contributed by atoms with E-state index in [0.29, 0.717) is 26.2 Å². The third-order valence-corrected chi connectivity index (χ3v) is 4.60. The van der Waals surface area contributed by atoms with E-state index >= 15 is 0 Å². The number of aromatic nitrogens is 2. The molecule has 0 bridgehead atoms. The van der Waals surface area contributed by atoms with Crippen molar-refractivity contribution in [2.75, 3.05) is 19.8 Å². The van der Waals surface area contributed by atoms with Crippen molar-refractivity contribution in [3.05, 3.63) is 47.2 Å². The number of amides is 1. The van der Waals surface area contributed by atoms with Crippen LogP contribution in [0.2, 0.25) is 0 Å². The summed E-state index contributed by atoms with van der Waals surface area (Å²) in [4.78, 5) is 17.4. The summed E-state index contributed by atoms with van der Waals surface area (Å²) in [5.74, 6) is 1.48. The second-order valence-corrected chi connectivity index (χ2v) is 6.62. The fraction of sp³-hybridized carbons (Fsp3) is 0.368. The van der Waals surface area contributed by atoms with Crippen molar-refractivity contribution in [1.29, 1.82) is 0 Å². The molecule has 0 saturated carbocycles. The highest BCUT2D eigenvalue weighted by Crippen LogP contribution is 2.28. The average molecular weight is 373 g/mol. The maximum atomic E-state index is 12.1. The smallest absolute Gasteiger partial charge is 0.226 e. The Bertz CT molecular complexity index is 843. The van der Waals surface area contributed by atoms with Crippen molar-refractivity contribution in [3.8, 4) is 11.5 Å². The van der Waals surface area contributed by atoms with Gasteiger partial charge in [0, 0.05) is 24.3 Å². The van der Waals surface area contributed by atoms with E-state index < -0.39 is 0 Å². The van der Waals surface area contributed by atoms with Gasteiger partial charge in [0.25, 0.3) is 0 Å². The molecule has 1 N–H and O–H groups in total. The monoisotopic (exact) mass is 373 g/mol. The first-order valence-electron chi connectivity index (χ1n) is 8.76. The first-order chi connectivity index (χ1) is 12.7. The quantitative estimate of drug-likeness (QED) is 0.626. The third-order valence-electron chi connectivity index (χ3n) is 3.83. The van der Waals surface area contributed by atoms with Crippen LogP contribution in [0.15, 0.2) is 36.0 Å². The molecular weight excluding hydrogens is 350 g/mol. The van der Waals surface area contributed by atoms with Gasteiger partial charge < -0.3 is 14.8 Å². The molecule has 0 saturated heterocycles. The van der Waals surface area contributed by atoms with Gasteiger partial charge in [0.1, 0.15) is 0 Å². The Kier molecular flexibility index (Phi) is 6.12. The standard InChI is InChI=1S/C19H23N3O3S/c1-3-24-16-6-5-14(11-17(16)25-4-2)7-8-20-18(23)12-15-13-22-9-10-26-19(22)21-15/h5-6,9-11,13H,3-4,7-8,12H2,1-2H3,(H,20,23). The predicted molar refractivity (Wildman–Crippen MR) is 102 cm³/mol. The van der Waals surface area contributed by atoms with Gasteiger partial charge in [-0.05, 0) is 38.0 Å². The summed E-state index contributed by atoms with van der Waals surface area (Å²) in [5.41, 5.74) is 1.88. The predicted octanol–water partition coefficient (Wildman–Crippen LogP) is 3.09. The number of rotatable bonds is 9. The molecule has 1 aromatic carbocycles. The van der Waals surface area contributed by atoms with Crippen LogP contribution >= 0.6 is 11.3 Å². The molecule has 7 heteroatoms. The van der Waals surface area contributed by atoms with Gasteiger partial charge in [-0.3, -0.25) is 9.20 Å². The van der Waals surface area contributed by atoms with Gasteiger partial charge in [-0.15, -0.1) is 11.3 Å². The molecule has 138 valence electrons. The summed E-state index contributed by atoms with van der Waals surface area (Å²) in [7, 11) is 0. The van der Waals surface area contributed by atoms with Gasteiger partial charge in [0.15, 0.2) is 16.5 Å². The Morgan fingerprint density at radius 3 is 2.81 bits per heavy atom. The molecule has 2 aromatic heterocycles. The van der Waals surface area contributed by atoms with Crippen molar-refractivity contribution >= 4 is 22.2 Å². The zero-order chi connectivity index (χ0) is 18.4. The molecule has 0 unspecified atom stereocenters. The summed E-state index contributed by atoms with van der Waals surface area (Å²) >= 11 is 1.56. The van der Waals surface area contributed by atoms with E-state index in [1.54, 1.807) is 11.3 Å². The number of benzene rings is 1. The molecule has 3 aromatic rings. The Labute approximate surface area is 156 Å². The molecule has 0 aliphatic carbocycles. The fourth-order valence-corrected chi connectivity index (χ4v) is 3.40. The molecule has 2 heterocycles. The number of carbonyl (C=O) groups excluding carboxylic acids is 1. The van der Waals surface area contributed by atoms with Gasteiger partial charge in [-0.2, -0.15) is 0 Å². The highest BCUT2D eigenvalue weighted by molar-refractivity contribution is 7.15. The Morgan fingerprint density at radius 2 is 2.04 bits per heavy atom. The topological polar surface area (TPSA) is 64.9 Å². The first kappa shape index (κ1) is 18.3. The Morgan fingerprint density at radius 1 is 1.23 bits per heavy atom. The van der Waals surface area contributed by atoms with Crippen molar-refractivity contribution in [3.63, 3.8) is 0 Å². The number of imidazole rings is 1. The number of ether oxygens (including phenoxy) is 2. The number of thiazole rings is 1. The van der Waals surface area contributed by atoms with Crippen LogP contribution in [0.5, 0.6) is 11.5 Å². The van der Waals surface area contributed by atoms with Gasteiger partial charge in [0.05, 0.1) is 25.3 Å². The lowest BCUT2D eigenvalue weighted by Gasteiger charge is -2.12. The zero-order valence-corrected chi connectivity index (χ0v) is 15.8. The molecule has 0 aliphatic rings. The molecule has 0 spiro atoms. The van der Waals surface area contributed by atoms with Crippen molar-refractivity contribution in [2.24, 2.45) is 0 Å². The fourth-order valence-electron chi connectivity index (χ4n) is 2.69. The largest absolute Gasteiger partial charge is 0.490 e. The number of carbonyl (C=O) groups is 1. The first-order valence-corrected chi connectivity index (χ1v) is 9.63. The summed E-state index contributed by atoms with van der Waals surface area (Å²) < 4.78 is 13.1. The van der Waals surface area contributed by atoms with E-state index in [4.69, 9.17) is 9.47 Å². The van der Waals surface area contributed by atoms with Gasteiger partial charge in [-0.25, -0.2) is 4.98 Å². The summed E-state index contributed by atoms with van der Waals surface area (Å²) in [6.07, 6.45) is 4.86. The van der Waals surface area contributed by atoms with Crippen molar-refractivity contribution < 1.29 is 14.3 Å². The lowest BCUT2D eigenvalue weighted by molar-refractivity contribution is -0.120. The minimum atomic E-state index is -0.0216. The van der Waals surface area contributed by atoms with Gasteiger partial charge in [-0.1, -0.05) is 6.07 Å². The molecule has 6 nitrogen and oxygen atoms in total. The number of fused-ring (bicyclic) bond motifs is 1. The van der Waals surface area contributed by atoms with E-state index in [-0.39, 0.29) is 5.91 Å². The van der Waals surface area contributed by atoms with Gasteiger partial charge in [0.2, 0.25) is 5.91 Å². The minimum Gasteiger partial charge on any atom is -0.490 e. The molecule has 3 rings (SSSR count). The molecule has 0 fully saturated rings. The molecule has 0 atom stereocenters. The van der Waals surface area contributed by atoms with Crippen LogP contribution < -0.4 is 14.8 Å². The molecule has 0 radical (unpaired) electrons. The van der Waals surface area contributed by atoms with Crippen molar-refractivity contribution in [1.82, 2.24) is 14.7 Å². The normalized spacial score (nSPS) is 10.8. The maximum Gasteiger partial charge on any atom is 0.226 e. The molecule has 0 aliphatic heterocycles. The number of hydrogen-bond acceptors (Lipinski definition) is 5. The Balaban J connectivity index is 1.51. The highest BCUT2D eigenvalue weighted by Gasteiger charge is 2.09. The van der Waals surface area contributed by atoms with E-state index in [0.717, 1.165) is 34.1 Å². The van der Waals surface area contributed by atoms with Crippen molar-refractivity contribution in [2.45, 2.75) is 26.7 Å². The van der Waals surface area contributed by atoms with E-state index in [2.05, 4.69) is 10.3 Å². The average Bonchev–Trinajstić information content (AvgIpc) is 3.19. The van der Waals surface area contributed by atoms with E-state index in [1.165, 1.54) is 0 Å². The van der Waals surface area contributed by atoms with Crippen LogP contribution in [-0.2, 0) is 17.6 Å².